The molecule has 1 amide bonds. The van der Waals surface area contributed by atoms with E-state index in [2.05, 4.69) is 15.4 Å². The number of esters is 1. The van der Waals surface area contributed by atoms with Gasteiger partial charge >= 0.3 is 12.1 Å². The van der Waals surface area contributed by atoms with E-state index in [-0.39, 0.29) is 23.5 Å². The lowest BCUT2D eigenvalue weighted by Gasteiger charge is -2.25. The molecule has 0 spiro atoms. The fourth-order valence-electron chi connectivity index (χ4n) is 3.52. The maximum Gasteiger partial charge on any atom is 0.412 e. The average Bonchev–Trinajstić information content (AvgIpc) is 2.91. The summed E-state index contributed by atoms with van der Waals surface area (Å²) < 4.78 is 16.9. The van der Waals surface area contributed by atoms with Crippen LogP contribution in [-0.4, -0.2) is 64.8 Å². The standard InChI is InChI=1S/C24H25N5O6/c1-2-29-22(30)21(26-18-9-6-10-25-15-18)19(20(27-29)17-7-4-3-5-8-17)23(31)34-16-35-24(32)28-11-13-33-14-12-28/h3-10,15,26H,2,11-14,16H2,1H3. The minimum absolute atomic E-state index is 0.0155. The Hall–Kier alpha value is -4.25. The molecule has 35 heavy (non-hydrogen) atoms. The molecule has 4 rings (SSSR count). The molecule has 1 aromatic carbocycles. The van der Waals surface area contributed by atoms with E-state index < -0.39 is 24.4 Å². The third kappa shape index (κ3) is 5.64. The number of nitrogens with one attached hydrogen (secondary N) is 1. The van der Waals surface area contributed by atoms with Crippen LogP contribution in [0.5, 0.6) is 0 Å². The van der Waals surface area contributed by atoms with Crippen LogP contribution in [0, 0.1) is 0 Å². The monoisotopic (exact) mass is 479 g/mol. The number of carbonyl (C=O) groups excluding carboxylic acids is 2. The van der Waals surface area contributed by atoms with Crippen molar-refractivity contribution < 1.29 is 23.8 Å². The van der Waals surface area contributed by atoms with Crippen molar-refractivity contribution in [3.8, 4) is 11.3 Å². The van der Waals surface area contributed by atoms with Crippen LogP contribution in [0.3, 0.4) is 0 Å². The number of hydrogen-bond donors (Lipinski definition) is 1. The van der Waals surface area contributed by atoms with Gasteiger partial charge in [0.25, 0.3) is 5.56 Å². The van der Waals surface area contributed by atoms with Crippen molar-refractivity contribution in [2.24, 2.45) is 0 Å². The van der Waals surface area contributed by atoms with Gasteiger partial charge in [0, 0.05) is 31.4 Å². The topological polar surface area (TPSA) is 125 Å². The van der Waals surface area contributed by atoms with Gasteiger partial charge in [-0.15, -0.1) is 0 Å². The first-order valence-corrected chi connectivity index (χ1v) is 11.1. The minimum Gasteiger partial charge on any atom is -0.424 e. The smallest absolute Gasteiger partial charge is 0.412 e. The number of aromatic nitrogens is 3. The summed E-state index contributed by atoms with van der Waals surface area (Å²) in [4.78, 5) is 44.2. The normalized spacial score (nSPS) is 13.2. The van der Waals surface area contributed by atoms with Crippen molar-refractivity contribution in [1.29, 1.82) is 0 Å². The van der Waals surface area contributed by atoms with Crippen molar-refractivity contribution in [1.82, 2.24) is 19.7 Å². The number of benzene rings is 1. The van der Waals surface area contributed by atoms with Crippen molar-refractivity contribution in [2.45, 2.75) is 13.5 Å². The van der Waals surface area contributed by atoms with Crippen molar-refractivity contribution >= 4 is 23.4 Å². The Labute approximate surface area is 201 Å². The lowest BCUT2D eigenvalue weighted by atomic mass is 10.0. The second kappa shape index (κ2) is 11.3. The number of amides is 1. The van der Waals surface area contributed by atoms with E-state index in [1.807, 2.05) is 6.07 Å². The Kier molecular flexibility index (Phi) is 7.68. The highest BCUT2D eigenvalue weighted by Crippen LogP contribution is 2.27. The number of ether oxygens (including phenoxy) is 3. The van der Waals surface area contributed by atoms with Gasteiger partial charge in [0.15, 0.2) is 0 Å². The van der Waals surface area contributed by atoms with Gasteiger partial charge < -0.3 is 24.4 Å². The zero-order valence-corrected chi connectivity index (χ0v) is 19.2. The third-order valence-electron chi connectivity index (χ3n) is 5.28. The summed E-state index contributed by atoms with van der Waals surface area (Å²) in [5.41, 5.74) is 0.776. The van der Waals surface area contributed by atoms with Gasteiger partial charge in [0.1, 0.15) is 16.9 Å². The number of pyridine rings is 1. The summed E-state index contributed by atoms with van der Waals surface area (Å²) in [6.45, 7) is 3.06. The highest BCUT2D eigenvalue weighted by molar-refractivity contribution is 6.02. The molecule has 3 aromatic rings. The molecule has 11 nitrogen and oxygen atoms in total. The van der Waals surface area contributed by atoms with Crippen LogP contribution in [0.25, 0.3) is 11.3 Å². The number of anilines is 2. The molecule has 182 valence electrons. The maximum atomic E-state index is 13.3. The maximum absolute atomic E-state index is 13.3. The number of morpholine rings is 1. The summed E-state index contributed by atoms with van der Waals surface area (Å²) in [5, 5.41) is 7.41. The molecule has 0 radical (unpaired) electrons. The first-order chi connectivity index (χ1) is 17.1. The lowest BCUT2D eigenvalue weighted by Crippen LogP contribution is -2.41. The second-order valence-electron chi connectivity index (χ2n) is 7.51. The van der Waals surface area contributed by atoms with Crippen LogP contribution in [0.4, 0.5) is 16.2 Å². The van der Waals surface area contributed by atoms with Crippen molar-refractivity contribution in [2.75, 3.05) is 38.4 Å². The van der Waals surface area contributed by atoms with Crippen LogP contribution in [0.15, 0.2) is 59.7 Å². The van der Waals surface area contributed by atoms with Gasteiger partial charge in [-0.25, -0.2) is 14.3 Å². The van der Waals surface area contributed by atoms with Crippen molar-refractivity contribution in [3.63, 3.8) is 0 Å². The minimum atomic E-state index is -0.863. The molecule has 1 aliphatic rings. The van der Waals surface area contributed by atoms with E-state index in [0.717, 1.165) is 0 Å². The fourth-order valence-corrected chi connectivity index (χ4v) is 3.52. The Bertz CT molecular complexity index is 1230. The van der Waals surface area contributed by atoms with Gasteiger partial charge in [-0.05, 0) is 19.1 Å². The Morgan fingerprint density at radius 3 is 2.54 bits per heavy atom. The second-order valence-corrected chi connectivity index (χ2v) is 7.51. The predicted octanol–water partition coefficient (Wildman–Crippen LogP) is 2.65. The lowest BCUT2D eigenvalue weighted by molar-refractivity contribution is -0.0240. The molecule has 0 atom stereocenters. The Balaban J connectivity index is 1.67. The molecule has 2 aromatic heterocycles. The first kappa shape index (κ1) is 23.9. The van der Waals surface area contributed by atoms with Crippen LogP contribution in [-0.2, 0) is 20.8 Å². The number of nitrogens with zero attached hydrogens (tertiary/aromatic N) is 4. The molecule has 1 aliphatic heterocycles. The number of hydrogen-bond acceptors (Lipinski definition) is 9. The SMILES string of the molecule is CCn1nc(-c2ccccc2)c(C(=O)OCOC(=O)N2CCOCC2)c(Nc2cccnc2)c1=O. The van der Waals surface area contributed by atoms with Crippen molar-refractivity contribution in [3.05, 3.63) is 70.8 Å². The molecule has 0 unspecified atom stereocenters. The van der Waals surface area contributed by atoms with Gasteiger partial charge in [-0.2, -0.15) is 5.10 Å². The predicted molar refractivity (Wildman–Crippen MR) is 126 cm³/mol. The molecular formula is C24H25N5O6. The molecule has 0 bridgehead atoms. The van der Waals surface area contributed by atoms with E-state index in [4.69, 9.17) is 14.2 Å². The van der Waals surface area contributed by atoms with E-state index in [0.29, 0.717) is 37.6 Å². The van der Waals surface area contributed by atoms with E-state index >= 15 is 0 Å². The Morgan fingerprint density at radius 2 is 1.86 bits per heavy atom. The molecule has 1 saturated heterocycles. The zero-order chi connectivity index (χ0) is 24.6. The fraction of sp³-hybridized carbons (Fsp3) is 0.292. The number of aryl methyl sites for hydroxylation is 1. The quantitative estimate of drug-likeness (QED) is 0.402. The summed E-state index contributed by atoms with van der Waals surface area (Å²) in [6.07, 6.45) is 2.50. The van der Waals surface area contributed by atoms with Crippen LogP contribution in [0.1, 0.15) is 17.3 Å². The summed E-state index contributed by atoms with van der Waals surface area (Å²) in [5.74, 6) is -0.863. The first-order valence-electron chi connectivity index (χ1n) is 11.1. The summed E-state index contributed by atoms with van der Waals surface area (Å²) >= 11 is 0. The van der Waals surface area contributed by atoms with Gasteiger partial charge in [-0.3, -0.25) is 9.78 Å². The zero-order valence-electron chi connectivity index (χ0n) is 19.2. The van der Waals surface area contributed by atoms with E-state index in [1.54, 1.807) is 49.5 Å². The number of carbonyl (C=O) groups is 2. The molecule has 11 heteroatoms. The van der Waals surface area contributed by atoms with Crippen LogP contribution in [0.2, 0.25) is 0 Å². The molecule has 1 fully saturated rings. The molecule has 0 aliphatic carbocycles. The van der Waals surface area contributed by atoms with Gasteiger partial charge in [-0.1, -0.05) is 30.3 Å². The van der Waals surface area contributed by atoms with E-state index in [1.165, 1.54) is 15.8 Å². The van der Waals surface area contributed by atoms with E-state index in [9.17, 15) is 14.4 Å². The average molecular weight is 479 g/mol. The molecule has 1 N–H and O–H groups in total. The number of rotatable bonds is 7. The molecule has 3 heterocycles. The summed E-state index contributed by atoms with van der Waals surface area (Å²) in [6, 6.07) is 12.4. The largest absolute Gasteiger partial charge is 0.424 e. The molecular weight excluding hydrogens is 454 g/mol. The van der Waals surface area contributed by atoms with Gasteiger partial charge in [0.05, 0.1) is 25.1 Å². The third-order valence-corrected chi connectivity index (χ3v) is 5.28. The van der Waals surface area contributed by atoms with Crippen LogP contribution < -0.4 is 10.9 Å². The summed E-state index contributed by atoms with van der Waals surface area (Å²) in [7, 11) is 0. The molecule has 0 saturated carbocycles. The highest BCUT2D eigenvalue weighted by Gasteiger charge is 2.26. The highest BCUT2D eigenvalue weighted by atomic mass is 16.7. The Morgan fingerprint density at radius 1 is 1.09 bits per heavy atom. The van der Waals surface area contributed by atoms with Gasteiger partial charge in [0.2, 0.25) is 6.79 Å². The van der Waals surface area contributed by atoms with Crippen LogP contribution >= 0.6 is 0 Å².